The van der Waals surface area contributed by atoms with Crippen LogP contribution in [0.3, 0.4) is 0 Å². The SMILES string of the molecule is COC(=O)C(C[C@@H]1CCCN1C(=O)OC(C)(C)C)c1ccccc1Br. The first-order valence-electron chi connectivity index (χ1n) is 8.55. The van der Waals surface area contributed by atoms with Crippen LogP contribution in [0.15, 0.2) is 28.7 Å². The van der Waals surface area contributed by atoms with Gasteiger partial charge in [0.1, 0.15) is 5.60 Å². The van der Waals surface area contributed by atoms with Gasteiger partial charge in [0.25, 0.3) is 0 Å². The molecule has 1 aromatic carbocycles. The lowest BCUT2D eigenvalue weighted by molar-refractivity contribution is -0.143. The number of amides is 1. The molecule has 0 aliphatic carbocycles. The molecule has 1 unspecified atom stereocenters. The Morgan fingerprint density at radius 2 is 2.00 bits per heavy atom. The number of rotatable bonds is 4. The zero-order valence-corrected chi connectivity index (χ0v) is 16.8. The highest BCUT2D eigenvalue weighted by Gasteiger charge is 2.36. The molecule has 0 aromatic heterocycles. The summed E-state index contributed by atoms with van der Waals surface area (Å²) in [5.74, 6) is -0.712. The molecule has 2 atom stereocenters. The molecule has 1 heterocycles. The van der Waals surface area contributed by atoms with Crippen molar-refractivity contribution >= 4 is 28.0 Å². The lowest BCUT2D eigenvalue weighted by atomic mass is 9.91. The number of hydrogen-bond donors (Lipinski definition) is 0. The number of carbonyl (C=O) groups is 2. The van der Waals surface area contributed by atoms with Crippen molar-refractivity contribution in [3.8, 4) is 0 Å². The van der Waals surface area contributed by atoms with Crippen LogP contribution in [0.25, 0.3) is 0 Å². The first-order chi connectivity index (χ1) is 11.7. The Kier molecular flexibility index (Phi) is 6.49. The van der Waals surface area contributed by atoms with Crippen molar-refractivity contribution in [2.75, 3.05) is 13.7 Å². The molecule has 1 aromatic rings. The lowest BCUT2D eigenvalue weighted by Crippen LogP contribution is -2.41. The summed E-state index contributed by atoms with van der Waals surface area (Å²) in [6.07, 6.45) is 1.98. The van der Waals surface area contributed by atoms with Crippen molar-refractivity contribution in [1.82, 2.24) is 4.90 Å². The van der Waals surface area contributed by atoms with E-state index in [2.05, 4.69) is 15.9 Å². The Morgan fingerprint density at radius 3 is 2.60 bits per heavy atom. The molecule has 1 fully saturated rings. The van der Waals surface area contributed by atoms with Crippen LogP contribution in [0.1, 0.15) is 51.5 Å². The van der Waals surface area contributed by atoms with Gasteiger partial charge in [0.15, 0.2) is 0 Å². The minimum atomic E-state index is -0.533. The highest BCUT2D eigenvalue weighted by atomic mass is 79.9. The van der Waals surface area contributed by atoms with Gasteiger partial charge < -0.3 is 14.4 Å². The monoisotopic (exact) mass is 411 g/mol. The second-order valence-corrected chi connectivity index (χ2v) is 8.16. The molecular formula is C19H26BrNO4. The molecule has 5 nitrogen and oxygen atoms in total. The van der Waals surface area contributed by atoms with Gasteiger partial charge in [0.2, 0.25) is 0 Å². The number of methoxy groups -OCH3 is 1. The zero-order chi connectivity index (χ0) is 18.6. The van der Waals surface area contributed by atoms with Crippen LogP contribution in [-0.4, -0.2) is 42.3 Å². The normalized spacial score (nSPS) is 18.8. The Bertz CT molecular complexity index is 626. The van der Waals surface area contributed by atoms with Gasteiger partial charge in [-0.15, -0.1) is 0 Å². The summed E-state index contributed by atoms with van der Waals surface area (Å²) in [7, 11) is 1.40. The smallest absolute Gasteiger partial charge is 0.410 e. The van der Waals surface area contributed by atoms with E-state index in [0.29, 0.717) is 13.0 Å². The minimum absolute atomic E-state index is 0.0361. The van der Waals surface area contributed by atoms with Gasteiger partial charge in [0, 0.05) is 17.1 Å². The molecule has 1 saturated heterocycles. The Labute approximate surface area is 157 Å². The van der Waals surface area contributed by atoms with Gasteiger partial charge in [0.05, 0.1) is 13.0 Å². The van der Waals surface area contributed by atoms with Crippen molar-refractivity contribution in [3.05, 3.63) is 34.3 Å². The number of halogens is 1. The third kappa shape index (κ3) is 5.21. The van der Waals surface area contributed by atoms with E-state index in [0.717, 1.165) is 22.9 Å². The van der Waals surface area contributed by atoms with Crippen molar-refractivity contribution in [1.29, 1.82) is 0 Å². The first-order valence-corrected chi connectivity index (χ1v) is 9.34. The lowest BCUT2D eigenvalue weighted by Gasteiger charge is -2.30. The predicted octanol–water partition coefficient (Wildman–Crippen LogP) is 4.50. The number of likely N-dealkylation sites (tertiary alicyclic amines) is 1. The maximum atomic E-state index is 12.5. The van der Waals surface area contributed by atoms with E-state index in [1.165, 1.54) is 7.11 Å². The predicted molar refractivity (Wildman–Crippen MR) is 99.5 cm³/mol. The summed E-state index contributed by atoms with van der Waals surface area (Å²) >= 11 is 3.51. The molecule has 1 aliphatic heterocycles. The van der Waals surface area contributed by atoms with E-state index in [1.807, 2.05) is 45.0 Å². The molecule has 138 valence electrons. The van der Waals surface area contributed by atoms with E-state index < -0.39 is 11.5 Å². The van der Waals surface area contributed by atoms with Crippen molar-refractivity contribution < 1.29 is 19.1 Å². The van der Waals surface area contributed by atoms with Crippen molar-refractivity contribution in [2.45, 2.75) is 57.6 Å². The Balaban J connectivity index is 2.19. The first kappa shape index (κ1) is 19.8. The Morgan fingerprint density at radius 1 is 1.32 bits per heavy atom. The van der Waals surface area contributed by atoms with Crippen molar-refractivity contribution in [3.63, 3.8) is 0 Å². The topological polar surface area (TPSA) is 55.8 Å². The summed E-state index contributed by atoms with van der Waals surface area (Å²) in [5.41, 5.74) is 0.347. The van der Waals surface area contributed by atoms with Crippen LogP contribution < -0.4 is 0 Å². The van der Waals surface area contributed by atoms with Crippen LogP contribution in [0.4, 0.5) is 4.79 Å². The van der Waals surface area contributed by atoms with E-state index in [9.17, 15) is 9.59 Å². The zero-order valence-electron chi connectivity index (χ0n) is 15.3. The largest absolute Gasteiger partial charge is 0.469 e. The number of hydrogen-bond acceptors (Lipinski definition) is 4. The summed E-state index contributed by atoms with van der Waals surface area (Å²) in [6.45, 7) is 6.22. The standard InChI is InChI=1S/C19H26BrNO4/c1-19(2,3)25-18(23)21-11-7-8-13(21)12-15(17(22)24-4)14-9-5-6-10-16(14)20/h5-6,9-10,13,15H,7-8,11-12H2,1-4H3/t13-,15?/m0/s1. The molecule has 0 bridgehead atoms. The second-order valence-electron chi connectivity index (χ2n) is 7.30. The molecule has 1 amide bonds. The third-order valence-electron chi connectivity index (χ3n) is 4.28. The van der Waals surface area contributed by atoms with Crippen molar-refractivity contribution in [2.24, 2.45) is 0 Å². The molecule has 6 heteroatoms. The van der Waals surface area contributed by atoms with Crippen LogP contribution in [0.5, 0.6) is 0 Å². The molecule has 0 saturated carbocycles. The van der Waals surface area contributed by atoms with Gasteiger partial charge in [-0.25, -0.2) is 4.79 Å². The fourth-order valence-electron chi connectivity index (χ4n) is 3.16. The fourth-order valence-corrected chi connectivity index (χ4v) is 3.72. The highest BCUT2D eigenvalue weighted by Crippen LogP contribution is 2.34. The van der Waals surface area contributed by atoms with E-state index in [1.54, 1.807) is 4.90 Å². The van der Waals surface area contributed by atoms with Gasteiger partial charge in [-0.05, 0) is 51.7 Å². The van der Waals surface area contributed by atoms with Crippen LogP contribution in [-0.2, 0) is 14.3 Å². The molecule has 1 aliphatic rings. The second kappa shape index (κ2) is 8.21. The number of nitrogens with zero attached hydrogens (tertiary/aromatic N) is 1. The number of ether oxygens (including phenoxy) is 2. The average Bonchev–Trinajstić information content (AvgIpc) is 2.99. The molecule has 0 radical (unpaired) electrons. The average molecular weight is 412 g/mol. The summed E-state index contributed by atoms with van der Waals surface area (Å²) in [6, 6.07) is 7.59. The van der Waals surface area contributed by atoms with Gasteiger partial charge in [-0.1, -0.05) is 34.1 Å². The number of esters is 1. The Hall–Kier alpha value is -1.56. The molecule has 0 N–H and O–H groups in total. The van der Waals surface area contributed by atoms with E-state index in [4.69, 9.17) is 9.47 Å². The maximum absolute atomic E-state index is 12.5. The quantitative estimate of drug-likeness (QED) is 0.684. The number of benzene rings is 1. The van der Waals surface area contributed by atoms with Gasteiger partial charge in [-0.3, -0.25) is 4.79 Å². The molecular weight excluding hydrogens is 386 g/mol. The molecule has 0 spiro atoms. The summed E-state index contributed by atoms with van der Waals surface area (Å²) in [5, 5.41) is 0. The van der Waals surface area contributed by atoms with Crippen LogP contribution in [0.2, 0.25) is 0 Å². The third-order valence-corrected chi connectivity index (χ3v) is 5.00. The summed E-state index contributed by atoms with van der Waals surface area (Å²) < 4.78 is 11.4. The van der Waals surface area contributed by atoms with E-state index in [-0.39, 0.29) is 18.1 Å². The summed E-state index contributed by atoms with van der Waals surface area (Å²) in [4.78, 5) is 26.6. The minimum Gasteiger partial charge on any atom is -0.469 e. The highest BCUT2D eigenvalue weighted by molar-refractivity contribution is 9.10. The van der Waals surface area contributed by atoms with Gasteiger partial charge >= 0.3 is 12.1 Å². The van der Waals surface area contributed by atoms with Gasteiger partial charge in [-0.2, -0.15) is 0 Å². The maximum Gasteiger partial charge on any atom is 0.410 e. The number of carbonyl (C=O) groups excluding carboxylic acids is 2. The molecule has 2 rings (SSSR count). The van der Waals surface area contributed by atoms with Crippen LogP contribution in [0, 0.1) is 0 Å². The van der Waals surface area contributed by atoms with E-state index >= 15 is 0 Å². The molecule has 25 heavy (non-hydrogen) atoms. The van der Waals surface area contributed by atoms with Crippen LogP contribution >= 0.6 is 15.9 Å². The fraction of sp³-hybridized carbons (Fsp3) is 0.579.